The fourth-order valence-corrected chi connectivity index (χ4v) is 2.52. The van der Waals surface area contributed by atoms with Crippen molar-refractivity contribution in [3.8, 4) is 0 Å². The Bertz CT molecular complexity index is 611. The minimum Gasteiger partial charge on any atom is -0.468 e. The lowest BCUT2D eigenvalue weighted by molar-refractivity contribution is -0.142. The second-order valence-electron chi connectivity index (χ2n) is 5.58. The van der Waals surface area contributed by atoms with Gasteiger partial charge in [0.05, 0.1) is 7.11 Å². The van der Waals surface area contributed by atoms with Crippen LogP contribution in [-0.2, 0) is 22.5 Å². The predicted molar refractivity (Wildman–Crippen MR) is 93.6 cm³/mol. The average molecular weight is 312 g/mol. The highest BCUT2D eigenvalue weighted by Gasteiger charge is 2.17. The zero-order chi connectivity index (χ0) is 16.7. The molecule has 0 aromatic heterocycles. The van der Waals surface area contributed by atoms with Crippen molar-refractivity contribution in [1.82, 2.24) is 5.32 Å². The third kappa shape index (κ3) is 4.83. The summed E-state index contributed by atoms with van der Waals surface area (Å²) in [6, 6.07) is 18.4. The highest BCUT2D eigenvalue weighted by molar-refractivity contribution is 5.76. The first-order chi connectivity index (χ1) is 11.1. The molecule has 4 heteroatoms. The Morgan fingerprint density at radius 1 is 1.09 bits per heavy atom. The molecule has 0 fully saturated rings. The van der Waals surface area contributed by atoms with Crippen molar-refractivity contribution in [3.63, 3.8) is 0 Å². The van der Waals surface area contributed by atoms with Crippen molar-refractivity contribution in [2.45, 2.75) is 19.0 Å². The number of esters is 1. The fourth-order valence-electron chi connectivity index (χ4n) is 2.52. The molecule has 122 valence electrons. The second-order valence-corrected chi connectivity index (χ2v) is 5.58. The SMILES string of the molecule is CNC(Cc1ccc(N(C)Cc2ccccc2)cc1)C(=O)OC. The maximum absolute atomic E-state index is 11.6. The van der Waals surface area contributed by atoms with E-state index >= 15 is 0 Å². The molecular formula is C19H24N2O2. The van der Waals surface area contributed by atoms with Crippen LogP contribution in [0.5, 0.6) is 0 Å². The maximum atomic E-state index is 11.6. The van der Waals surface area contributed by atoms with Gasteiger partial charge in [0.1, 0.15) is 6.04 Å². The second kappa shape index (κ2) is 8.34. The molecule has 0 heterocycles. The molecule has 2 rings (SSSR count). The summed E-state index contributed by atoms with van der Waals surface area (Å²) in [4.78, 5) is 13.8. The van der Waals surface area contributed by atoms with E-state index in [2.05, 4.69) is 65.8 Å². The highest BCUT2D eigenvalue weighted by Crippen LogP contribution is 2.17. The summed E-state index contributed by atoms with van der Waals surface area (Å²) < 4.78 is 4.79. The van der Waals surface area contributed by atoms with Crippen LogP contribution in [0.2, 0.25) is 0 Å². The van der Waals surface area contributed by atoms with Gasteiger partial charge < -0.3 is 15.0 Å². The van der Waals surface area contributed by atoms with Crippen LogP contribution in [0.3, 0.4) is 0 Å². The van der Waals surface area contributed by atoms with E-state index in [0.717, 1.165) is 17.8 Å². The molecule has 0 spiro atoms. The van der Waals surface area contributed by atoms with Crippen LogP contribution in [0, 0.1) is 0 Å². The summed E-state index contributed by atoms with van der Waals surface area (Å²) in [7, 11) is 5.25. The monoisotopic (exact) mass is 312 g/mol. The van der Waals surface area contributed by atoms with Gasteiger partial charge in [-0.25, -0.2) is 0 Å². The van der Waals surface area contributed by atoms with Gasteiger partial charge in [-0.2, -0.15) is 0 Å². The first-order valence-electron chi connectivity index (χ1n) is 7.73. The molecule has 2 aromatic carbocycles. The number of ether oxygens (including phenoxy) is 1. The lowest BCUT2D eigenvalue weighted by Gasteiger charge is -2.20. The molecule has 1 N–H and O–H groups in total. The topological polar surface area (TPSA) is 41.6 Å². The molecule has 0 aliphatic carbocycles. The summed E-state index contributed by atoms with van der Waals surface area (Å²) in [6.45, 7) is 0.863. The van der Waals surface area contributed by atoms with Crippen molar-refractivity contribution in [2.75, 3.05) is 26.1 Å². The Kier molecular flexibility index (Phi) is 6.18. The highest BCUT2D eigenvalue weighted by atomic mass is 16.5. The van der Waals surface area contributed by atoms with Crippen LogP contribution in [0.1, 0.15) is 11.1 Å². The van der Waals surface area contributed by atoms with Crippen LogP contribution in [0.25, 0.3) is 0 Å². The molecular weight excluding hydrogens is 288 g/mol. The Morgan fingerprint density at radius 2 is 1.74 bits per heavy atom. The summed E-state index contributed by atoms with van der Waals surface area (Å²) in [6.07, 6.45) is 0.617. The molecule has 0 radical (unpaired) electrons. The molecule has 2 aromatic rings. The normalized spacial score (nSPS) is 11.8. The Hall–Kier alpha value is -2.33. The van der Waals surface area contributed by atoms with E-state index in [1.165, 1.54) is 12.7 Å². The standard InChI is InChI=1S/C19H24N2O2/c1-20-18(19(22)23-3)13-15-9-11-17(12-10-15)21(2)14-16-7-5-4-6-8-16/h4-12,18,20H,13-14H2,1-3H3. The van der Waals surface area contributed by atoms with Gasteiger partial charge in [0.15, 0.2) is 0 Å². The van der Waals surface area contributed by atoms with E-state index in [0.29, 0.717) is 6.42 Å². The smallest absolute Gasteiger partial charge is 0.323 e. The number of carbonyl (C=O) groups excluding carboxylic acids is 1. The number of nitrogens with one attached hydrogen (secondary N) is 1. The molecule has 0 bridgehead atoms. The van der Waals surface area contributed by atoms with Crippen molar-refractivity contribution in [2.24, 2.45) is 0 Å². The van der Waals surface area contributed by atoms with Crippen LogP contribution >= 0.6 is 0 Å². The molecule has 0 amide bonds. The fraction of sp³-hybridized carbons (Fsp3) is 0.316. The number of benzene rings is 2. The van der Waals surface area contributed by atoms with Gasteiger partial charge in [0.25, 0.3) is 0 Å². The number of hydrogen-bond donors (Lipinski definition) is 1. The summed E-state index contributed by atoms with van der Waals surface area (Å²) in [5.74, 6) is -0.238. The molecule has 0 aliphatic rings. The number of hydrogen-bond acceptors (Lipinski definition) is 4. The van der Waals surface area contributed by atoms with Gasteiger partial charge in [-0.05, 0) is 36.7 Å². The van der Waals surface area contributed by atoms with Gasteiger partial charge in [0.2, 0.25) is 0 Å². The van der Waals surface area contributed by atoms with Crippen molar-refractivity contribution in [3.05, 3.63) is 65.7 Å². The average Bonchev–Trinajstić information content (AvgIpc) is 2.60. The lowest BCUT2D eigenvalue weighted by Crippen LogP contribution is -2.36. The van der Waals surface area contributed by atoms with Gasteiger partial charge >= 0.3 is 5.97 Å². The van der Waals surface area contributed by atoms with Crippen molar-refractivity contribution >= 4 is 11.7 Å². The molecule has 0 saturated carbocycles. The molecule has 1 atom stereocenters. The first-order valence-corrected chi connectivity index (χ1v) is 7.73. The molecule has 4 nitrogen and oxygen atoms in total. The van der Waals surface area contributed by atoms with Gasteiger partial charge in [-0.1, -0.05) is 42.5 Å². The summed E-state index contributed by atoms with van der Waals surface area (Å²) >= 11 is 0. The Balaban J connectivity index is 2.00. The minimum absolute atomic E-state index is 0.238. The molecule has 23 heavy (non-hydrogen) atoms. The number of anilines is 1. The zero-order valence-corrected chi connectivity index (χ0v) is 14.0. The van der Waals surface area contributed by atoms with Crippen LogP contribution in [-0.4, -0.2) is 33.2 Å². The third-order valence-electron chi connectivity index (χ3n) is 3.91. The van der Waals surface area contributed by atoms with E-state index in [-0.39, 0.29) is 12.0 Å². The van der Waals surface area contributed by atoms with E-state index in [9.17, 15) is 4.79 Å². The van der Waals surface area contributed by atoms with Crippen LogP contribution < -0.4 is 10.2 Å². The van der Waals surface area contributed by atoms with E-state index < -0.39 is 0 Å². The van der Waals surface area contributed by atoms with Gasteiger partial charge in [0, 0.05) is 19.3 Å². The Labute approximate surface area is 138 Å². The van der Waals surface area contributed by atoms with Crippen molar-refractivity contribution < 1.29 is 9.53 Å². The minimum atomic E-state index is -0.312. The predicted octanol–water partition coefficient (Wildman–Crippen LogP) is 2.63. The maximum Gasteiger partial charge on any atom is 0.323 e. The van der Waals surface area contributed by atoms with E-state index in [1.807, 2.05) is 6.07 Å². The quantitative estimate of drug-likeness (QED) is 0.798. The number of likely N-dealkylation sites (N-methyl/N-ethyl adjacent to an activating group) is 1. The van der Waals surface area contributed by atoms with Crippen LogP contribution in [0.4, 0.5) is 5.69 Å². The largest absolute Gasteiger partial charge is 0.468 e. The van der Waals surface area contributed by atoms with Gasteiger partial charge in [-0.3, -0.25) is 4.79 Å². The van der Waals surface area contributed by atoms with Crippen LogP contribution in [0.15, 0.2) is 54.6 Å². The van der Waals surface area contributed by atoms with Crippen molar-refractivity contribution in [1.29, 1.82) is 0 Å². The summed E-state index contributed by atoms with van der Waals surface area (Å²) in [5.41, 5.74) is 3.53. The lowest BCUT2D eigenvalue weighted by atomic mass is 10.1. The van der Waals surface area contributed by atoms with E-state index in [4.69, 9.17) is 4.74 Å². The molecule has 0 aliphatic heterocycles. The first kappa shape index (κ1) is 17.0. The van der Waals surface area contributed by atoms with Gasteiger partial charge in [-0.15, -0.1) is 0 Å². The summed E-state index contributed by atoms with van der Waals surface area (Å²) in [5, 5.41) is 2.99. The third-order valence-corrected chi connectivity index (χ3v) is 3.91. The zero-order valence-electron chi connectivity index (χ0n) is 14.0. The number of rotatable bonds is 7. The molecule has 0 saturated heterocycles. The molecule has 1 unspecified atom stereocenters. The van der Waals surface area contributed by atoms with E-state index in [1.54, 1.807) is 7.05 Å². The number of carbonyl (C=O) groups is 1. The number of methoxy groups -OCH3 is 1. The Morgan fingerprint density at radius 3 is 2.30 bits per heavy atom. The number of nitrogens with zero attached hydrogens (tertiary/aromatic N) is 1.